The molecular weight excluding hydrogens is 312 g/mol. The summed E-state index contributed by atoms with van der Waals surface area (Å²) < 4.78 is 28.2. The van der Waals surface area contributed by atoms with Gasteiger partial charge in [-0.2, -0.15) is 9.50 Å². The van der Waals surface area contributed by atoms with Gasteiger partial charge in [0.05, 0.1) is 5.69 Å². The van der Waals surface area contributed by atoms with Gasteiger partial charge in [0.2, 0.25) is 0 Å². The first-order valence-electron chi connectivity index (χ1n) is 7.25. The van der Waals surface area contributed by atoms with Gasteiger partial charge in [0.1, 0.15) is 11.6 Å². The van der Waals surface area contributed by atoms with Gasteiger partial charge in [-0.25, -0.2) is 13.8 Å². The second kappa shape index (κ2) is 5.77. The van der Waals surface area contributed by atoms with Crippen molar-refractivity contribution in [1.82, 2.24) is 24.6 Å². The molecule has 1 aromatic carbocycles. The van der Waals surface area contributed by atoms with Crippen molar-refractivity contribution >= 4 is 5.78 Å². The molecule has 0 saturated carbocycles. The van der Waals surface area contributed by atoms with Gasteiger partial charge in [-0.3, -0.25) is 4.98 Å². The van der Waals surface area contributed by atoms with Crippen molar-refractivity contribution < 1.29 is 8.78 Å². The summed E-state index contributed by atoms with van der Waals surface area (Å²) in [6, 6.07) is 8.92. The van der Waals surface area contributed by atoms with Crippen LogP contribution < -0.4 is 0 Å². The lowest BCUT2D eigenvalue weighted by Crippen LogP contribution is -1.97. The first kappa shape index (κ1) is 14.4. The molecule has 0 bridgehead atoms. The minimum Gasteiger partial charge on any atom is -0.264 e. The molecule has 0 saturated heterocycles. The van der Waals surface area contributed by atoms with Crippen molar-refractivity contribution in [2.75, 3.05) is 0 Å². The van der Waals surface area contributed by atoms with E-state index in [1.807, 2.05) is 18.2 Å². The SMILES string of the molecule is Fc1cc(F)cc(Cc2nc3nccc(-c4cccnc4)n3n2)c1. The van der Waals surface area contributed by atoms with Gasteiger partial charge in [-0.05, 0) is 35.9 Å². The lowest BCUT2D eigenvalue weighted by molar-refractivity contribution is 0.580. The molecule has 118 valence electrons. The first-order chi connectivity index (χ1) is 11.7. The molecule has 3 aromatic heterocycles. The van der Waals surface area contributed by atoms with Crippen LogP contribution in [0.2, 0.25) is 0 Å². The molecule has 0 fully saturated rings. The maximum absolute atomic E-state index is 13.3. The fourth-order valence-corrected chi connectivity index (χ4v) is 2.54. The lowest BCUT2D eigenvalue weighted by Gasteiger charge is -2.02. The number of pyridine rings is 1. The van der Waals surface area contributed by atoms with Gasteiger partial charge in [-0.15, -0.1) is 5.10 Å². The Hall–Kier alpha value is -3.22. The van der Waals surface area contributed by atoms with Crippen molar-refractivity contribution in [2.24, 2.45) is 0 Å². The maximum atomic E-state index is 13.3. The highest BCUT2D eigenvalue weighted by atomic mass is 19.1. The smallest absolute Gasteiger partial charge is 0.252 e. The van der Waals surface area contributed by atoms with E-state index in [1.165, 1.54) is 12.1 Å². The van der Waals surface area contributed by atoms with Crippen molar-refractivity contribution in [3.63, 3.8) is 0 Å². The Morgan fingerprint density at radius 3 is 2.58 bits per heavy atom. The fourth-order valence-electron chi connectivity index (χ4n) is 2.54. The van der Waals surface area contributed by atoms with Crippen LogP contribution in [-0.4, -0.2) is 24.6 Å². The predicted molar refractivity (Wildman–Crippen MR) is 83.2 cm³/mol. The number of fused-ring (bicyclic) bond motifs is 1. The summed E-state index contributed by atoms with van der Waals surface area (Å²) in [5.74, 6) is -0.391. The van der Waals surface area contributed by atoms with Gasteiger partial charge in [0.25, 0.3) is 5.78 Å². The molecular formula is C17H11F2N5. The Morgan fingerprint density at radius 1 is 1.00 bits per heavy atom. The summed E-state index contributed by atoms with van der Waals surface area (Å²) in [7, 11) is 0. The van der Waals surface area contributed by atoms with E-state index in [-0.39, 0.29) is 6.42 Å². The number of halogens is 2. The van der Waals surface area contributed by atoms with Crippen molar-refractivity contribution in [1.29, 1.82) is 0 Å². The van der Waals surface area contributed by atoms with Crippen LogP contribution >= 0.6 is 0 Å². The van der Waals surface area contributed by atoms with Crippen molar-refractivity contribution in [3.8, 4) is 11.3 Å². The number of hydrogen-bond acceptors (Lipinski definition) is 4. The van der Waals surface area contributed by atoms with Crippen LogP contribution in [0.1, 0.15) is 11.4 Å². The highest BCUT2D eigenvalue weighted by molar-refractivity contribution is 5.59. The summed E-state index contributed by atoms with van der Waals surface area (Å²) in [5, 5.41) is 4.41. The van der Waals surface area contributed by atoms with Crippen LogP contribution in [0.4, 0.5) is 8.78 Å². The molecule has 7 heteroatoms. The third-order valence-electron chi connectivity index (χ3n) is 3.53. The van der Waals surface area contributed by atoms with E-state index < -0.39 is 11.6 Å². The summed E-state index contributed by atoms with van der Waals surface area (Å²) in [4.78, 5) is 12.6. The second-order valence-corrected chi connectivity index (χ2v) is 5.27. The maximum Gasteiger partial charge on any atom is 0.252 e. The summed E-state index contributed by atoms with van der Waals surface area (Å²) >= 11 is 0. The van der Waals surface area contributed by atoms with E-state index in [0.29, 0.717) is 17.2 Å². The molecule has 0 aliphatic heterocycles. The minimum absolute atomic E-state index is 0.213. The van der Waals surface area contributed by atoms with Gasteiger partial charge in [0, 0.05) is 36.6 Å². The van der Waals surface area contributed by atoms with Crippen molar-refractivity contribution in [2.45, 2.75) is 6.42 Å². The normalized spacial score (nSPS) is 11.1. The Labute approximate surface area is 135 Å². The summed E-state index contributed by atoms with van der Waals surface area (Å²) in [5.41, 5.74) is 2.13. The molecule has 0 spiro atoms. The van der Waals surface area contributed by atoms with Gasteiger partial charge in [-0.1, -0.05) is 0 Å². The van der Waals surface area contributed by atoms with Crippen LogP contribution in [0.15, 0.2) is 55.0 Å². The summed E-state index contributed by atoms with van der Waals surface area (Å²) in [6.45, 7) is 0. The quantitative estimate of drug-likeness (QED) is 0.581. The molecule has 0 radical (unpaired) electrons. The molecule has 0 atom stereocenters. The highest BCUT2D eigenvalue weighted by Crippen LogP contribution is 2.18. The first-order valence-corrected chi connectivity index (χ1v) is 7.25. The monoisotopic (exact) mass is 323 g/mol. The fraction of sp³-hybridized carbons (Fsp3) is 0.0588. The van der Waals surface area contributed by atoms with Crippen LogP contribution in [0.25, 0.3) is 17.0 Å². The molecule has 24 heavy (non-hydrogen) atoms. The minimum atomic E-state index is -0.622. The van der Waals surface area contributed by atoms with E-state index in [0.717, 1.165) is 17.3 Å². The Morgan fingerprint density at radius 2 is 1.83 bits per heavy atom. The molecule has 0 N–H and O–H groups in total. The zero-order chi connectivity index (χ0) is 16.5. The Bertz CT molecular complexity index is 994. The molecule has 0 aliphatic carbocycles. The van der Waals surface area contributed by atoms with Crippen LogP contribution in [0, 0.1) is 11.6 Å². The average Bonchev–Trinajstić information content (AvgIpc) is 2.96. The molecule has 0 aliphatic rings. The molecule has 5 nitrogen and oxygen atoms in total. The number of hydrogen-bond donors (Lipinski definition) is 0. The zero-order valence-corrected chi connectivity index (χ0v) is 12.4. The Kier molecular flexibility index (Phi) is 3.45. The van der Waals surface area contributed by atoms with Gasteiger partial charge in [0.15, 0.2) is 5.82 Å². The standard InChI is InChI=1S/C17H11F2N5/c18-13-6-11(7-14(19)9-13)8-16-22-17-21-5-3-15(24(17)23-16)12-2-1-4-20-10-12/h1-7,9-10H,8H2. The third-order valence-corrected chi connectivity index (χ3v) is 3.53. The number of nitrogens with zero attached hydrogens (tertiary/aromatic N) is 5. The Balaban J connectivity index is 1.76. The zero-order valence-electron chi connectivity index (χ0n) is 12.4. The number of benzene rings is 1. The van der Waals surface area contributed by atoms with Gasteiger partial charge < -0.3 is 0 Å². The van der Waals surface area contributed by atoms with Crippen LogP contribution in [0.5, 0.6) is 0 Å². The highest BCUT2D eigenvalue weighted by Gasteiger charge is 2.11. The van der Waals surface area contributed by atoms with Crippen LogP contribution in [0.3, 0.4) is 0 Å². The van der Waals surface area contributed by atoms with E-state index in [1.54, 1.807) is 23.1 Å². The summed E-state index contributed by atoms with van der Waals surface area (Å²) in [6.07, 6.45) is 5.26. The topological polar surface area (TPSA) is 56.0 Å². The van der Waals surface area contributed by atoms with E-state index in [2.05, 4.69) is 20.1 Å². The largest absolute Gasteiger partial charge is 0.264 e. The van der Waals surface area contributed by atoms with Crippen molar-refractivity contribution in [3.05, 3.63) is 78.0 Å². The van der Waals surface area contributed by atoms with Gasteiger partial charge >= 0.3 is 0 Å². The predicted octanol–water partition coefficient (Wildman–Crippen LogP) is 3.06. The van der Waals surface area contributed by atoms with Crippen LogP contribution in [-0.2, 0) is 6.42 Å². The van der Waals surface area contributed by atoms with E-state index >= 15 is 0 Å². The second-order valence-electron chi connectivity index (χ2n) is 5.27. The number of aromatic nitrogens is 5. The molecule has 3 heterocycles. The molecule has 0 unspecified atom stereocenters. The van der Waals surface area contributed by atoms with E-state index in [4.69, 9.17) is 0 Å². The average molecular weight is 323 g/mol. The third kappa shape index (κ3) is 2.71. The molecule has 4 aromatic rings. The lowest BCUT2D eigenvalue weighted by atomic mass is 10.1. The molecule has 0 amide bonds. The van der Waals surface area contributed by atoms with E-state index in [9.17, 15) is 8.78 Å². The number of rotatable bonds is 3. The molecule has 4 rings (SSSR count).